The summed E-state index contributed by atoms with van der Waals surface area (Å²) in [5.41, 5.74) is 0. The van der Waals surface area contributed by atoms with Gasteiger partial charge in [0.05, 0.1) is 16.5 Å². The summed E-state index contributed by atoms with van der Waals surface area (Å²) >= 11 is 5.76. The third-order valence-electron chi connectivity index (χ3n) is 3.17. The Bertz CT molecular complexity index is 635. The number of ether oxygens (including phenoxy) is 1. The van der Waals surface area contributed by atoms with Crippen LogP contribution >= 0.6 is 11.6 Å². The van der Waals surface area contributed by atoms with Gasteiger partial charge in [-0.1, -0.05) is 11.6 Å². The van der Waals surface area contributed by atoms with Gasteiger partial charge in [0.25, 0.3) is 5.91 Å². The van der Waals surface area contributed by atoms with Gasteiger partial charge >= 0.3 is 0 Å². The van der Waals surface area contributed by atoms with E-state index >= 15 is 0 Å². The maximum Gasteiger partial charge on any atom is 0.257 e. The van der Waals surface area contributed by atoms with E-state index < -0.39 is 15.7 Å². The zero-order valence-electron chi connectivity index (χ0n) is 11.1. The first kappa shape index (κ1) is 16.0. The summed E-state index contributed by atoms with van der Waals surface area (Å²) in [6.45, 7) is 0.0450. The van der Waals surface area contributed by atoms with Crippen LogP contribution in [0, 0.1) is 11.7 Å². The van der Waals surface area contributed by atoms with Gasteiger partial charge in [0.1, 0.15) is 11.6 Å². The van der Waals surface area contributed by atoms with Gasteiger partial charge in [-0.15, -0.1) is 0 Å². The van der Waals surface area contributed by atoms with Crippen LogP contribution in [0.25, 0.3) is 0 Å². The Morgan fingerprint density at radius 1 is 1.48 bits per heavy atom. The summed E-state index contributed by atoms with van der Waals surface area (Å²) in [5, 5.41) is 2.71. The highest BCUT2D eigenvalue weighted by molar-refractivity contribution is 7.91. The minimum Gasteiger partial charge on any atom is -0.482 e. The minimum absolute atomic E-state index is 0.0478. The molecular formula is C13H15ClFNO4S. The molecule has 2 rings (SSSR count). The molecule has 1 amide bonds. The van der Waals surface area contributed by atoms with Crippen LogP contribution in [-0.4, -0.2) is 39.0 Å². The Hall–Kier alpha value is -1.34. The van der Waals surface area contributed by atoms with Gasteiger partial charge in [-0.25, -0.2) is 12.8 Å². The fraction of sp³-hybridized carbons (Fsp3) is 0.462. The molecule has 0 radical (unpaired) electrons. The second-order valence-corrected chi connectivity index (χ2v) is 7.57. The highest BCUT2D eigenvalue weighted by Crippen LogP contribution is 2.24. The van der Waals surface area contributed by atoms with Crippen LogP contribution in [0.1, 0.15) is 6.42 Å². The summed E-state index contributed by atoms with van der Waals surface area (Å²) in [5.74, 6) is -0.406. The zero-order valence-corrected chi connectivity index (χ0v) is 12.7. The molecular weight excluding hydrogens is 321 g/mol. The van der Waals surface area contributed by atoms with Crippen molar-refractivity contribution in [1.29, 1.82) is 0 Å². The fourth-order valence-corrected chi connectivity index (χ4v) is 4.16. The fourth-order valence-electron chi connectivity index (χ4n) is 2.08. The molecule has 1 unspecified atom stereocenters. The molecule has 21 heavy (non-hydrogen) atoms. The normalized spacial score (nSPS) is 20.2. The van der Waals surface area contributed by atoms with Gasteiger partial charge in [-0.2, -0.15) is 0 Å². The molecule has 8 heteroatoms. The Morgan fingerprint density at radius 3 is 2.86 bits per heavy atom. The predicted molar refractivity (Wildman–Crippen MR) is 76.7 cm³/mol. The number of hydrogen-bond donors (Lipinski definition) is 1. The van der Waals surface area contributed by atoms with Crippen molar-refractivity contribution in [1.82, 2.24) is 5.32 Å². The number of hydrogen-bond acceptors (Lipinski definition) is 4. The van der Waals surface area contributed by atoms with Gasteiger partial charge in [-0.3, -0.25) is 4.79 Å². The molecule has 0 bridgehead atoms. The summed E-state index contributed by atoms with van der Waals surface area (Å²) in [4.78, 5) is 11.6. The molecule has 0 saturated carbocycles. The van der Waals surface area contributed by atoms with E-state index in [-0.39, 0.29) is 40.7 Å². The number of nitrogens with one attached hydrogen (secondary N) is 1. The lowest BCUT2D eigenvalue weighted by Crippen LogP contribution is -2.33. The lowest BCUT2D eigenvalue weighted by atomic mass is 10.1. The number of rotatable bonds is 5. The Balaban J connectivity index is 1.75. The predicted octanol–water partition coefficient (Wildman–Crippen LogP) is 1.41. The summed E-state index contributed by atoms with van der Waals surface area (Å²) in [6, 6.07) is 3.62. The molecule has 1 aromatic carbocycles. The smallest absolute Gasteiger partial charge is 0.257 e. The standard InChI is InChI=1S/C13H15ClFNO4S/c14-11-5-10(15)1-2-12(11)20-7-13(17)16-6-9-3-4-21(18,19)8-9/h1-2,5,9H,3-4,6-8H2,(H,16,17). The monoisotopic (exact) mass is 335 g/mol. The van der Waals surface area contributed by atoms with Crippen molar-refractivity contribution in [2.75, 3.05) is 24.7 Å². The van der Waals surface area contributed by atoms with Crippen molar-refractivity contribution in [2.45, 2.75) is 6.42 Å². The maximum absolute atomic E-state index is 12.8. The molecule has 1 aliphatic rings. The molecule has 1 aliphatic heterocycles. The number of sulfone groups is 1. The van der Waals surface area contributed by atoms with Gasteiger partial charge in [0.15, 0.2) is 16.4 Å². The van der Waals surface area contributed by atoms with Crippen LogP contribution in [0.5, 0.6) is 5.75 Å². The number of amides is 1. The molecule has 1 atom stereocenters. The van der Waals surface area contributed by atoms with E-state index in [0.29, 0.717) is 13.0 Å². The van der Waals surface area contributed by atoms with E-state index in [1.165, 1.54) is 12.1 Å². The first-order valence-corrected chi connectivity index (χ1v) is 8.60. The maximum atomic E-state index is 12.8. The van der Waals surface area contributed by atoms with E-state index in [4.69, 9.17) is 16.3 Å². The van der Waals surface area contributed by atoms with Gasteiger partial charge in [0, 0.05) is 6.54 Å². The SMILES string of the molecule is O=C(COc1ccc(F)cc1Cl)NCC1CCS(=O)(=O)C1. The molecule has 1 saturated heterocycles. The van der Waals surface area contributed by atoms with Crippen LogP contribution in [0.15, 0.2) is 18.2 Å². The largest absolute Gasteiger partial charge is 0.482 e. The van der Waals surface area contributed by atoms with Crippen LogP contribution in [0.4, 0.5) is 4.39 Å². The van der Waals surface area contributed by atoms with Crippen molar-refractivity contribution < 1.29 is 22.3 Å². The Labute approximate surface area is 127 Å². The zero-order chi connectivity index (χ0) is 15.5. The van der Waals surface area contributed by atoms with Crippen LogP contribution in [0.3, 0.4) is 0 Å². The van der Waals surface area contributed by atoms with Crippen LogP contribution in [-0.2, 0) is 14.6 Å². The minimum atomic E-state index is -2.94. The second kappa shape index (κ2) is 6.62. The molecule has 116 valence electrons. The van der Waals surface area contributed by atoms with E-state index in [2.05, 4.69) is 5.32 Å². The molecule has 5 nitrogen and oxygen atoms in total. The third-order valence-corrected chi connectivity index (χ3v) is 5.30. The van der Waals surface area contributed by atoms with Crippen LogP contribution < -0.4 is 10.1 Å². The lowest BCUT2D eigenvalue weighted by molar-refractivity contribution is -0.123. The topological polar surface area (TPSA) is 72.5 Å². The van der Waals surface area contributed by atoms with Gasteiger partial charge in [-0.05, 0) is 30.5 Å². The first-order valence-electron chi connectivity index (χ1n) is 6.41. The van der Waals surface area contributed by atoms with E-state index in [9.17, 15) is 17.6 Å². The first-order chi connectivity index (χ1) is 9.85. The number of benzene rings is 1. The average Bonchev–Trinajstić information content (AvgIpc) is 2.75. The Morgan fingerprint density at radius 2 is 2.24 bits per heavy atom. The number of carbonyl (C=O) groups excluding carboxylic acids is 1. The van der Waals surface area contributed by atoms with E-state index in [1.54, 1.807) is 0 Å². The van der Waals surface area contributed by atoms with Crippen molar-refractivity contribution in [3.63, 3.8) is 0 Å². The quantitative estimate of drug-likeness (QED) is 0.883. The second-order valence-electron chi connectivity index (χ2n) is 4.94. The van der Waals surface area contributed by atoms with Crippen molar-refractivity contribution in [2.24, 2.45) is 5.92 Å². The molecule has 0 aromatic heterocycles. The molecule has 1 fully saturated rings. The highest BCUT2D eigenvalue weighted by atomic mass is 35.5. The summed E-state index contributed by atoms with van der Waals surface area (Å²) in [6.07, 6.45) is 0.563. The third kappa shape index (κ3) is 4.86. The highest BCUT2D eigenvalue weighted by Gasteiger charge is 2.27. The lowest BCUT2D eigenvalue weighted by Gasteiger charge is -2.11. The molecule has 0 spiro atoms. The average molecular weight is 336 g/mol. The van der Waals surface area contributed by atoms with Gasteiger partial charge in [0.2, 0.25) is 0 Å². The molecule has 1 aromatic rings. The number of halogens is 2. The van der Waals surface area contributed by atoms with Gasteiger partial charge < -0.3 is 10.1 Å². The van der Waals surface area contributed by atoms with Crippen LogP contribution in [0.2, 0.25) is 5.02 Å². The molecule has 1 heterocycles. The molecule has 1 N–H and O–H groups in total. The summed E-state index contributed by atoms with van der Waals surface area (Å²) < 4.78 is 40.6. The van der Waals surface area contributed by atoms with E-state index in [1.807, 2.05) is 0 Å². The van der Waals surface area contributed by atoms with Crippen molar-refractivity contribution in [3.8, 4) is 5.75 Å². The van der Waals surface area contributed by atoms with Crippen molar-refractivity contribution in [3.05, 3.63) is 29.0 Å². The number of carbonyl (C=O) groups is 1. The van der Waals surface area contributed by atoms with Crippen molar-refractivity contribution >= 4 is 27.3 Å². The molecule has 0 aliphatic carbocycles. The Kier molecular flexibility index (Phi) is 5.05. The summed E-state index contributed by atoms with van der Waals surface area (Å²) in [7, 11) is -2.94. The van der Waals surface area contributed by atoms with E-state index in [0.717, 1.165) is 6.07 Å².